The molecule has 2 atom stereocenters. The van der Waals surface area contributed by atoms with Gasteiger partial charge in [-0.3, -0.25) is 0 Å². The monoisotopic (exact) mass is 256 g/mol. The molecule has 6 heteroatoms. The molecule has 0 spiro atoms. The molecule has 3 nitrogen and oxygen atoms in total. The van der Waals surface area contributed by atoms with Crippen LogP contribution in [0, 0.1) is 0 Å². The first-order chi connectivity index (χ1) is 6.41. The molecule has 0 amide bonds. The molecule has 0 radical (unpaired) electrons. The van der Waals surface area contributed by atoms with E-state index in [4.69, 9.17) is 4.74 Å². The van der Waals surface area contributed by atoms with Crippen molar-refractivity contribution in [3.63, 3.8) is 0 Å². The van der Waals surface area contributed by atoms with Gasteiger partial charge in [-0.15, -0.1) is 0 Å². The van der Waals surface area contributed by atoms with Gasteiger partial charge in [-0.05, 0) is 18.8 Å². The van der Waals surface area contributed by atoms with Crippen molar-refractivity contribution in [3.8, 4) is 0 Å². The molecule has 1 fully saturated rings. The first kappa shape index (κ1) is 12.5. The van der Waals surface area contributed by atoms with E-state index in [9.17, 15) is 9.90 Å². The summed E-state index contributed by atoms with van der Waals surface area (Å²) in [6.45, 7) is 0. The number of carbonyl (C=O) groups excluding carboxylic acids is 1. The SMILES string of the molecule is CS(C)(C)C(=O)O[C@H]1CSSC[C@@H]1O. The first-order valence-electron chi connectivity index (χ1n) is 4.22. The summed E-state index contributed by atoms with van der Waals surface area (Å²) >= 11 is 0. The van der Waals surface area contributed by atoms with Crippen LogP contribution in [-0.4, -0.2) is 52.9 Å². The zero-order valence-electron chi connectivity index (χ0n) is 8.56. The Balaban J connectivity index is 2.46. The van der Waals surface area contributed by atoms with Crippen molar-refractivity contribution in [1.29, 1.82) is 0 Å². The predicted molar refractivity (Wildman–Crippen MR) is 66.6 cm³/mol. The minimum atomic E-state index is -1.31. The Hall–Kier alpha value is 0.480. The van der Waals surface area contributed by atoms with Gasteiger partial charge in [0.25, 0.3) is 0 Å². The van der Waals surface area contributed by atoms with Gasteiger partial charge >= 0.3 is 5.30 Å². The Kier molecular flexibility index (Phi) is 4.49. The van der Waals surface area contributed by atoms with Crippen molar-refractivity contribution < 1.29 is 14.6 Å². The Bertz CT molecular complexity index is 214. The highest BCUT2D eigenvalue weighted by atomic mass is 33.1. The number of hydrogen-bond donors (Lipinski definition) is 1. The van der Waals surface area contributed by atoms with Crippen LogP contribution in [0.5, 0.6) is 0 Å². The summed E-state index contributed by atoms with van der Waals surface area (Å²) in [4.78, 5) is 11.6. The molecule has 0 aliphatic carbocycles. The van der Waals surface area contributed by atoms with Crippen LogP contribution in [-0.2, 0) is 4.74 Å². The van der Waals surface area contributed by atoms with Gasteiger partial charge in [0, 0.05) is 11.5 Å². The molecule has 1 rings (SSSR count). The highest BCUT2D eigenvalue weighted by Crippen LogP contribution is 2.39. The van der Waals surface area contributed by atoms with Crippen LogP contribution in [0.3, 0.4) is 0 Å². The van der Waals surface area contributed by atoms with Gasteiger partial charge in [-0.1, -0.05) is 21.6 Å². The van der Waals surface area contributed by atoms with Gasteiger partial charge in [0.15, 0.2) is 0 Å². The molecule has 1 heterocycles. The molecule has 0 bridgehead atoms. The second-order valence-corrected chi connectivity index (χ2v) is 10.4. The smallest absolute Gasteiger partial charge is 0.349 e. The third-order valence-corrected chi connectivity index (χ3v) is 5.25. The van der Waals surface area contributed by atoms with Crippen LogP contribution in [0.4, 0.5) is 4.79 Å². The van der Waals surface area contributed by atoms with Crippen molar-refractivity contribution in [1.82, 2.24) is 0 Å². The van der Waals surface area contributed by atoms with Crippen molar-refractivity contribution in [3.05, 3.63) is 0 Å². The summed E-state index contributed by atoms with van der Waals surface area (Å²) < 4.78 is 5.28. The predicted octanol–water partition coefficient (Wildman–Crippen LogP) is 1.94. The maximum Gasteiger partial charge on any atom is 0.349 e. The molecule has 0 saturated carbocycles. The maximum absolute atomic E-state index is 11.6. The van der Waals surface area contributed by atoms with Crippen molar-refractivity contribution in [2.24, 2.45) is 0 Å². The summed E-state index contributed by atoms with van der Waals surface area (Å²) in [6.07, 6.45) is 4.86. The largest absolute Gasteiger partial charge is 0.452 e. The molecule has 0 aromatic heterocycles. The van der Waals surface area contributed by atoms with Crippen LogP contribution >= 0.6 is 31.6 Å². The van der Waals surface area contributed by atoms with E-state index in [1.54, 1.807) is 21.6 Å². The number of carbonyl (C=O) groups is 1. The second-order valence-electron chi connectivity index (χ2n) is 3.88. The Morgan fingerprint density at radius 3 is 2.43 bits per heavy atom. The van der Waals surface area contributed by atoms with Gasteiger partial charge in [0.05, 0.1) is 0 Å². The van der Waals surface area contributed by atoms with Gasteiger partial charge in [0.1, 0.15) is 12.2 Å². The number of ether oxygens (including phenoxy) is 1. The molecular formula is C8H16O3S3. The second kappa shape index (κ2) is 5.01. The summed E-state index contributed by atoms with van der Waals surface area (Å²) in [5.74, 6) is 1.33. The average Bonchev–Trinajstić information content (AvgIpc) is 2.07. The molecular weight excluding hydrogens is 240 g/mol. The first-order valence-corrected chi connectivity index (χ1v) is 9.57. The zero-order chi connectivity index (χ0) is 10.8. The fraction of sp³-hybridized carbons (Fsp3) is 0.875. The number of hydrogen-bond acceptors (Lipinski definition) is 5. The number of aliphatic hydroxyl groups excluding tert-OH is 1. The van der Waals surface area contributed by atoms with Crippen LogP contribution in [0.25, 0.3) is 0 Å². The molecule has 0 aromatic carbocycles. The average molecular weight is 256 g/mol. The summed E-state index contributed by atoms with van der Waals surface area (Å²) in [5.41, 5.74) is 0. The molecule has 14 heavy (non-hydrogen) atoms. The molecule has 1 saturated heterocycles. The van der Waals surface area contributed by atoms with Crippen LogP contribution in [0.15, 0.2) is 0 Å². The van der Waals surface area contributed by atoms with Gasteiger partial charge in [0.2, 0.25) is 0 Å². The Morgan fingerprint density at radius 1 is 1.36 bits per heavy atom. The maximum atomic E-state index is 11.6. The third-order valence-electron chi connectivity index (χ3n) is 1.73. The van der Waals surface area contributed by atoms with E-state index >= 15 is 0 Å². The summed E-state index contributed by atoms with van der Waals surface area (Å²) in [6, 6.07) is 0. The van der Waals surface area contributed by atoms with Crippen molar-refractivity contribution in [2.75, 3.05) is 30.3 Å². The van der Waals surface area contributed by atoms with Crippen molar-refractivity contribution >= 4 is 36.9 Å². The molecule has 1 aliphatic heterocycles. The van der Waals surface area contributed by atoms with E-state index in [2.05, 4.69) is 0 Å². The van der Waals surface area contributed by atoms with E-state index < -0.39 is 16.1 Å². The summed E-state index contributed by atoms with van der Waals surface area (Å²) in [5, 5.41) is 9.42. The van der Waals surface area contributed by atoms with Crippen LogP contribution < -0.4 is 0 Å². The van der Waals surface area contributed by atoms with E-state index in [-0.39, 0.29) is 11.4 Å². The van der Waals surface area contributed by atoms with E-state index in [0.29, 0.717) is 11.5 Å². The topological polar surface area (TPSA) is 46.5 Å². The molecule has 1 N–H and O–H groups in total. The van der Waals surface area contributed by atoms with E-state index in [0.717, 1.165) is 0 Å². The highest BCUT2D eigenvalue weighted by Gasteiger charge is 2.30. The quantitative estimate of drug-likeness (QED) is 0.574. The van der Waals surface area contributed by atoms with Crippen molar-refractivity contribution in [2.45, 2.75) is 12.2 Å². The van der Waals surface area contributed by atoms with Gasteiger partial charge in [-0.25, -0.2) is 4.79 Å². The lowest BCUT2D eigenvalue weighted by atomic mass is 10.2. The minimum Gasteiger partial charge on any atom is -0.452 e. The van der Waals surface area contributed by atoms with E-state index in [1.165, 1.54) is 0 Å². The minimum absolute atomic E-state index is 0.158. The Morgan fingerprint density at radius 2 is 1.93 bits per heavy atom. The number of rotatable bonds is 1. The van der Waals surface area contributed by atoms with Crippen LogP contribution in [0.2, 0.25) is 0 Å². The van der Waals surface area contributed by atoms with Crippen LogP contribution in [0.1, 0.15) is 0 Å². The normalized spacial score (nSPS) is 29.7. The van der Waals surface area contributed by atoms with E-state index in [1.807, 2.05) is 18.8 Å². The Labute approximate surface area is 94.1 Å². The zero-order valence-corrected chi connectivity index (χ0v) is 11.0. The molecule has 1 aliphatic rings. The highest BCUT2D eigenvalue weighted by molar-refractivity contribution is 8.76. The standard InChI is InChI=1S/C8H16O3S3/c1-14(2,3)8(10)11-7-5-13-12-4-6(7)9/h6-7,9H,4-5H2,1-3H3/t6-,7-/m0/s1. The third kappa shape index (κ3) is 3.56. The molecule has 0 aromatic rings. The molecule has 84 valence electrons. The lowest BCUT2D eigenvalue weighted by Gasteiger charge is -2.30. The fourth-order valence-electron chi connectivity index (χ4n) is 0.832. The fourth-order valence-corrected chi connectivity index (χ4v) is 3.61. The van der Waals surface area contributed by atoms with Gasteiger partial charge < -0.3 is 9.84 Å². The number of aliphatic hydroxyl groups is 1. The summed E-state index contributed by atoms with van der Waals surface area (Å²) in [7, 11) is 1.96. The van der Waals surface area contributed by atoms with Gasteiger partial charge in [-0.2, -0.15) is 10.0 Å². The molecule has 0 unspecified atom stereocenters. The lowest BCUT2D eigenvalue weighted by molar-refractivity contribution is 0.0390. The lowest BCUT2D eigenvalue weighted by Crippen LogP contribution is -2.37.